The quantitative estimate of drug-likeness (QED) is 0.837. The second kappa shape index (κ2) is 7.40. The Kier molecular flexibility index (Phi) is 4.84. The smallest absolute Gasteiger partial charge is 0.258 e. The summed E-state index contributed by atoms with van der Waals surface area (Å²) in [5.74, 6) is 0.137. The molecule has 2 heterocycles. The number of carbonyl (C=O) groups is 1. The lowest BCUT2D eigenvalue weighted by molar-refractivity contribution is 0.0987. The van der Waals surface area contributed by atoms with Crippen molar-refractivity contribution in [3.63, 3.8) is 0 Å². The maximum absolute atomic E-state index is 13.2. The highest BCUT2D eigenvalue weighted by Crippen LogP contribution is 2.27. The van der Waals surface area contributed by atoms with Crippen molar-refractivity contribution >= 4 is 11.6 Å². The van der Waals surface area contributed by atoms with Crippen LogP contribution in [0.5, 0.6) is 0 Å². The monoisotopic (exact) mass is 334 g/mol. The van der Waals surface area contributed by atoms with Crippen LogP contribution in [0.25, 0.3) is 0 Å². The molecule has 0 aliphatic carbocycles. The number of carbonyl (C=O) groups excluding carboxylic acids is 1. The van der Waals surface area contributed by atoms with E-state index in [4.69, 9.17) is 0 Å². The molecule has 0 bridgehead atoms. The van der Waals surface area contributed by atoms with Crippen molar-refractivity contribution in [1.29, 1.82) is 0 Å². The van der Waals surface area contributed by atoms with Crippen LogP contribution in [-0.4, -0.2) is 30.4 Å². The lowest BCUT2D eigenvalue weighted by Crippen LogP contribution is -2.31. The molecule has 1 amide bonds. The third kappa shape index (κ3) is 3.62. The minimum atomic E-state index is 0.137. The molecule has 25 heavy (non-hydrogen) atoms. The van der Waals surface area contributed by atoms with Crippen molar-refractivity contribution in [2.45, 2.75) is 38.6 Å². The molecule has 1 saturated heterocycles. The second-order valence-electron chi connectivity index (χ2n) is 7.23. The maximum atomic E-state index is 13.2. The lowest BCUT2D eigenvalue weighted by Gasteiger charge is -2.23. The van der Waals surface area contributed by atoms with Gasteiger partial charge in [-0.25, -0.2) is 0 Å². The van der Waals surface area contributed by atoms with Crippen molar-refractivity contribution in [2.24, 2.45) is 0 Å². The zero-order valence-corrected chi connectivity index (χ0v) is 14.8. The highest BCUT2D eigenvalue weighted by molar-refractivity contribution is 6.06. The molecule has 0 N–H and O–H groups in total. The molecule has 0 spiro atoms. The number of hydrogen-bond acceptors (Lipinski definition) is 2. The van der Waals surface area contributed by atoms with E-state index >= 15 is 0 Å². The van der Waals surface area contributed by atoms with Gasteiger partial charge in [0.1, 0.15) is 0 Å². The first-order valence-corrected chi connectivity index (χ1v) is 9.52. The van der Waals surface area contributed by atoms with Crippen LogP contribution >= 0.6 is 0 Å². The van der Waals surface area contributed by atoms with Crippen LogP contribution in [0.2, 0.25) is 0 Å². The Morgan fingerprint density at radius 2 is 1.68 bits per heavy atom. The number of aryl methyl sites for hydroxylation is 1. The second-order valence-corrected chi connectivity index (χ2v) is 7.23. The normalized spacial score (nSPS) is 18.0. The minimum absolute atomic E-state index is 0.137. The first-order chi connectivity index (χ1) is 12.3. The van der Waals surface area contributed by atoms with E-state index in [0.717, 1.165) is 43.6 Å². The summed E-state index contributed by atoms with van der Waals surface area (Å²) in [6.07, 6.45) is 5.87. The molecule has 2 aliphatic rings. The average molecular weight is 334 g/mol. The number of anilines is 1. The third-order valence-corrected chi connectivity index (χ3v) is 5.38. The van der Waals surface area contributed by atoms with Crippen LogP contribution in [0.4, 0.5) is 5.69 Å². The Morgan fingerprint density at radius 3 is 2.56 bits per heavy atom. The van der Waals surface area contributed by atoms with Gasteiger partial charge in [0.15, 0.2) is 0 Å². The Bertz CT molecular complexity index is 749. The number of para-hydroxylation sites is 1. The molecular formula is C22H26N2O. The van der Waals surface area contributed by atoms with Crippen LogP contribution < -0.4 is 4.90 Å². The minimum Gasteiger partial charge on any atom is -0.308 e. The van der Waals surface area contributed by atoms with Gasteiger partial charge in [0.05, 0.1) is 0 Å². The fraction of sp³-hybridized carbons (Fsp3) is 0.409. The molecule has 2 aromatic carbocycles. The zero-order chi connectivity index (χ0) is 17.1. The lowest BCUT2D eigenvalue weighted by atomic mass is 10.1. The van der Waals surface area contributed by atoms with Gasteiger partial charge in [-0.1, -0.05) is 30.3 Å². The van der Waals surface area contributed by atoms with Crippen molar-refractivity contribution in [3.05, 3.63) is 65.2 Å². The molecule has 4 rings (SSSR count). The Morgan fingerprint density at radius 1 is 0.880 bits per heavy atom. The summed E-state index contributed by atoms with van der Waals surface area (Å²) in [7, 11) is 0. The molecule has 0 saturated carbocycles. The number of rotatable bonds is 3. The molecular weight excluding hydrogens is 308 g/mol. The first-order valence-electron chi connectivity index (χ1n) is 9.52. The van der Waals surface area contributed by atoms with Gasteiger partial charge < -0.3 is 4.90 Å². The Balaban J connectivity index is 1.58. The van der Waals surface area contributed by atoms with Crippen molar-refractivity contribution < 1.29 is 4.79 Å². The van der Waals surface area contributed by atoms with E-state index in [2.05, 4.69) is 35.2 Å². The van der Waals surface area contributed by atoms with Gasteiger partial charge in [-0.2, -0.15) is 0 Å². The third-order valence-electron chi connectivity index (χ3n) is 5.38. The predicted molar refractivity (Wildman–Crippen MR) is 102 cm³/mol. The maximum Gasteiger partial charge on any atom is 0.258 e. The zero-order valence-electron chi connectivity index (χ0n) is 14.8. The van der Waals surface area contributed by atoms with E-state index in [1.165, 1.54) is 37.1 Å². The molecule has 130 valence electrons. The van der Waals surface area contributed by atoms with E-state index in [9.17, 15) is 4.79 Å². The number of benzene rings is 2. The summed E-state index contributed by atoms with van der Waals surface area (Å²) in [6.45, 7) is 4.12. The van der Waals surface area contributed by atoms with Gasteiger partial charge in [-0.3, -0.25) is 9.69 Å². The summed E-state index contributed by atoms with van der Waals surface area (Å²) >= 11 is 0. The molecule has 0 unspecified atom stereocenters. The fourth-order valence-corrected chi connectivity index (χ4v) is 4.06. The van der Waals surface area contributed by atoms with E-state index in [0.29, 0.717) is 0 Å². The van der Waals surface area contributed by atoms with Crippen molar-refractivity contribution in [2.75, 3.05) is 24.5 Å². The van der Waals surface area contributed by atoms with Gasteiger partial charge in [0, 0.05) is 24.3 Å². The van der Waals surface area contributed by atoms with Crippen molar-refractivity contribution in [1.82, 2.24) is 4.90 Å². The number of likely N-dealkylation sites (tertiary alicyclic amines) is 1. The molecule has 0 aromatic heterocycles. The summed E-state index contributed by atoms with van der Waals surface area (Å²) < 4.78 is 0. The Labute approximate surface area is 150 Å². The molecule has 3 nitrogen and oxygen atoms in total. The molecule has 1 fully saturated rings. The number of fused-ring (bicyclic) bond motifs is 1. The van der Waals surface area contributed by atoms with E-state index < -0.39 is 0 Å². The largest absolute Gasteiger partial charge is 0.308 e. The summed E-state index contributed by atoms with van der Waals surface area (Å²) in [5, 5.41) is 0. The molecule has 0 radical (unpaired) electrons. The Hall–Kier alpha value is -2.13. The van der Waals surface area contributed by atoms with Gasteiger partial charge in [-0.15, -0.1) is 0 Å². The molecule has 2 aromatic rings. The number of nitrogens with zero attached hydrogens (tertiary/aromatic N) is 2. The molecule has 3 heteroatoms. The van der Waals surface area contributed by atoms with Crippen LogP contribution in [0, 0.1) is 0 Å². The highest BCUT2D eigenvalue weighted by Gasteiger charge is 2.22. The van der Waals surface area contributed by atoms with Crippen LogP contribution in [0.15, 0.2) is 48.5 Å². The van der Waals surface area contributed by atoms with E-state index in [1.807, 2.05) is 23.1 Å². The fourth-order valence-electron chi connectivity index (χ4n) is 4.06. The van der Waals surface area contributed by atoms with E-state index in [1.54, 1.807) is 0 Å². The van der Waals surface area contributed by atoms with Gasteiger partial charge in [-0.05, 0) is 74.5 Å². The van der Waals surface area contributed by atoms with Gasteiger partial charge >= 0.3 is 0 Å². The van der Waals surface area contributed by atoms with Crippen LogP contribution in [0.3, 0.4) is 0 Å². The van der Waals surface area contributed by atoms with Crippen LogP contribution in [-0.2, 0) is 13.0 Å². The standard InChI is InChI=1S/C22H26N2O/c25-22(24-15-4-3-10-19-9-1-2-12-21(19)24)20-11-7-8-18(16-20)17-23-13-5-6-14-23/h1-2,7-9,11-12,16H,3-6,10,13-15,17H2. The predicted octanol–water partition coefficient (Wildman–Crippen LogP) is 4.27. The van der Waals surface area contributed by atoms with Crippen LogP contribution in [0.1, 0.15) is 47.2 Å². The highest BCUT2D eigenvalue weighted by atomic mass is 16.2. The summed E-state index contributed by atoms with van der Waals surface area (Å²) in [6, 6.07) is 16.6. The number of amides is 1. The van der Waals surface area contributed by atoms with Gasteiger partial charge in [0.2, 0.25) is 0 Å². The topological polar surface area (TPSA) is 23.6 Å². The number of hydrogen-bond donors (Lipinski definition) is 0. The van der Waals surface area contributed by atoms with E-state index in [-0.39, 0.29) is 5.91 Å². The molecule has 2 aliphatic heterocycles. The summed E-state index contributed by atoms with van der Waals surface area (Å²) in [5.41, 5.74) is 4.45. The van der Waals surface area contributed by atoms with Gasteiger partial charge in [0.25, 0.3) is 5.91 Å². The molecule has 0 atom stereocenters. The first kappa shape index (κ1) is 16.3. The summed E-state index contributed by atoms with van der Waals surface area (Å²) in [4.78, 5) is 17.7. The van der Waals surface area contributed by atoms with Crippen molar-refractivity contribution in [3.8, 4) is 0 Å². The average Bonchev–Trinajstić information content (AvgIpc) is 3.06. The SMILES string of the molecule is O=C(c1cccc(CN2CCCC2)c1)N1CCCCc2ccccc21.